The van der Waals surface area contributed by atoms with E-state index in [2.05, 4.69) is 161 Å². The summed E-state index contributed by atoms with van der Waals surface area (Å²) in [6.45, 7) is 3.98. The summed E-state index contributed by atoms with van der Waals surface area (Å²) in [6.07, 6.45) is 0. The van der Waals surface area contributed by atoms with Gasteiger partial charge in [0.25, 0.3) is 5.56 Å². The summed E-state index contributed by atoms with van der Waals surface area (Å²) in [4.78, 5) is 19.5. The molecule has 4 heterocycles. The quantitative estimate of drug-likeness (QED) is 0.186. The van der Waals surface area contributed by atoms with Gasteiger partial charge in [0.15, 0.2) is 0 Å². The van der Waals surface area contributed by atoms with Crippen LogP contribution in [0.3, 0.4) is 0 Å². The SMILES string of the molecule is Cc1c(C)c2cc(-c3ccccc3)cc3nc(-n4c5ccccc5c5cc(-c6ccc7c(c6)c6ccccc6n7-c6ccccc6)ccc54)n(c1=O)c32. The van der Waals surface area contributed by atoms with Crippen molar-refractivity contribution >= 4 is 60.0 Å². The van der Waals surface area contributed by atoms with Crippen LogP contribution in [-0.4, -0.2) is 18.5 Å². The standard InChI is InChI=1S/C48H32N4O/c1-29-30(2)47(53)52-46-38(29)27-34(31-13-5-3-6-14-31)28-41(46)49-48(52)51-43-20-12-10-18-37(43)40-26-33(22-24-45(40)51)32-21-23-44-39(25-32)36-17-9-11-19-42(36)50(44)35-15-7-4-8-16-35/h3-28H,1-2H3. The maximum Gasteiger partial charge on any atom is 0.261 e. The minimum Gasteiger partial charge on any atom is -0.309 e. The number of fused-ring (bicyclic) bond motifs is 6. The van der Waals surface area contributed by atoms with Crippen LogP contribution < -0.4 is 5.56 Å². The van der Waals surface area contributed by atoms with Gasteiger partial charge in [-0.25, -0.2) is 9.38 Å². The molecule has 11 aromatic rings. The van der Waals surface area contributed by atoms with Gasteiger partial charge >= 0.3 is 0 Å². The zero-order chi connectivity index (χ0) is 35.4. The number of nitrogens with zero attached hydrogens (tertiary/aromatic N) is 4. The Balaban J connectivity index is 1.14. The van der Waals surface area contributed by atoms with Gasteiger partial charge in [0.05, 0.1) is 33.1 Å². The summed E-state index contributed by atoms with van der Waals surface area (Å²) in [5.41, 5.74) is 13.4. The van der Waals surface area contributed by atoms with Crippen molar-refractivity contribution in [1.82, 2.24) is 18.5 Å². The molecule has 53 heavy (non-hydrogen) atoms. The molecule has 0 radical (unpaired) electrons. The Hall–Kier alpha value is -6.98. The van der Waals surface area contributed by atoms with E-state index >= 15 is 0 Å². The van der Waals surface area contributed by atoms with E-state index in [0.29, 0.717) is 5.95 Å². The molecule has 0 saturated carbocycles. The molecule has 5 heteroatoms. The lowest BCUT2D eigenvalue weighted by molar-refractivity contribution is 0.950. The number of aryl methyl sites for hydroxylation is 1. The average molecular weight is 681 g/mol. The minimum atomic E-state index is -0.0366. The molecule has 250 valence electrons. The highest BCUT2D eigenvalue weighted by Gasteiger charge is 2.23. The normalized spacial score (nSPS) is 12.0. The molecule has 0 bridgehead atoms. The number of imidazole rings is 1. The molecule has 0 N–H and O–H groups in total. The second kappa shape index (κ2) is 11.0. The third-order valence-corrected chi connectivity index (χ3v) is 11.2. The molecule has 7 aromatic carbocycles. The zero-order valence-corrected chi connectivity index (χ0v) is 29.2. The fraction of sp³-hybridized carbons (Fsp3) is 0.0417. The van der Waals surface area contributed by atoms with Crippen molar-refractivity contribution in [1.29, 1.82) is 0 Å². The fourth-order valence-corrected chi connectivity index (χ4v) is 8.53. The largest absolute Gasteiger partial charge is 0.309 e. The van der Waals surface area contributed by atoms with E-state index < -0.39 is 0 Å². The van der Waals surface area contributed by atoms with Crippen LogP contribution in [-0.2, 0) is 0 Å². The first-order chi connectivity index (χ1) is 26.0. The van der Waals surface area contributed by atoms with Crippen LogP contribution in [0.15, 0.2) is 163 Å². The first-order valence-corrected chi connectivity index (χ1v) is 18.0. The smallest absolute Gasteiger partial charge is 0.261 e. The van der Waals surface area contributed by atoms with Crippen molar-refractivity contribution in [3.8, 4) is 33.9 Å². The molecule has 0 fully saturated rings. The number of hydrogen-bond acceptors (Lipinski definition) is 2. The second-order valence-electron chi connectivity index (χ2n) is 14.1. The molecule has 0 saturated heterocycles. The van der Waals surface area contributed by atoms with E-state index in [0.717, 1.165) is 77.3 Å². The molecule has 5 nitrogen and oxygen atoms in total. The Labute approximate surface area is 304 Å². The van der Waals surface area contributed by atoms with Crippen molar-refractivity contribution in [2.45, 2.75) is 13.8 Å². The number of benzene rings is 7. The van der Waals surface area contributed by atoms with Crippen molar-refractivity contribution in [3.63, 3.8) is 0 Å². The van der Waals surface area contributed by atoms with Gasteiger partial charge in [0.1, 0.15) is 0 Å². The van der Waals surface area contributed by atoms with E-state index in [1.807, 2.05) is 24.3 Å². The van der Waals surface area contributed by atoms with Gasteiger partial charge in [-0.3, -0.25) is 9.36 Å². The molecule has 0 aliphatic carbocycles. The summed E-state index contributed by atoms with van der Waals surface area (Å²) in [5, 5.41) is 5.72. The zero-order valence-electron chi connectivity index (χ0n) is 29.2. The third-order valence-electron chi connectivity index (χ3n) is 11.2. The lowest BCUT2D eigenvalue weighted by Crippen LogP contribution is -2.20. The number of para-hydroxylation sites is 3. The number of rotatable bonds is 4. The maximum atomic E-state index is 14.2. The lowest BCUT2D eigenvalue weighted by atomic mass is 9.99. The van der Waals surface area contributed by atoms with Crippen LogP contribution in [0.25, 0.3) is 93.9 Å². The van der Waals surface area contributed by atoms with E-state index in [1.54, 1.807) is 0 Å². The Morgan fingerprint density at radius 1 is 0.434 bits per heavy atom. The van der Waals surface area contributed by atoms with Crippen molar-refractivity contribution in [2.24, 2.45) is 0 Å². The van der Waals surface area contributed by atoms with Gasteiger partial charge in [-0.05, 0) is 102 Å². The van der Waals surface area contributed by atoms with Crippen LogP contribution in [0.5, 0.6) is 0 Å². The first kappa shape index (κ1) is 29.7. The summed E-state index contributed by atoms with van der Waals surface area (Å²) in [7, 11) is 0. The highest BCUT2D eigenvalue weighted by Crippen LogP contribution is 2.39. The Kier molecular flexibility index (Phi) is 6.17. The van der Waals surface area contributed by atoms with Crippen LogP contribution >= 0.6 is 0 Å². The van der Waals surface area contributed by atoms with Gasteiger partial charge in [0.2, 0.25) is 5.95 Å². The van der Waals surface area contributed by atoms with Gasteiger partial charge in [-0.1, -0.05) is 97.1 Å². The highest BCUT2D eigenvalue weighted by atomic mass is 16.1. The Morgan fingerprint density at radius 3 is 1.62 bits per heavy atom. The van der Waals surface area contributed by atoms with Crippen molar-refractivity contribution in [2.75, 3.05) is 0 Å². The number of pyridine rings is 1. The summed E-state index contributed by atoms with van der Waals surface area (Å²) in [5.74, 6) is 0.609. The predicted molar refractivity (Wildman–Crippen MR) is 219 cm³/mol. The van der Waals surface area contributed by atoms with Gasteiger partial charge < -0.3 is 4.57 Å². The molecule has 0 atom stereocenters. The van der Waals surface area contributed by atoms with Crippen LogP contribution in [0, 0.1) is 13.8 Å². The molecule has 0 aliphatic rings. The molecular weight excluding hydrogens is 649 g/mol. The topological polar surface area (TPSA) is 44.2 Å². The molecule has 0 spiro atoms. The van der Waals surface area contributed by atoms with Crippen LogP contribution in [0.2, 0.25) is 0 Å². The van der Waals surface area contributed by atoms with E-state index in [-0.39, 0.29) is 5.56 Å². The van der Waals surface area contributed by atoms with Crippen LogP contribution in [0.4, 0.5) is 0 Å². The molecular formula is C48H32N4O. The van der Waals surface area contributed by atoms with E-state index in [4.69, 9.17) is 4.98 Å². The van der Waals surface area contributed by atoms with Crippen molar-refractivity contribution < 1.29 is 0 Å². The Bertz CT molecular complexity index is 3310. The predicted octanol–water partition coefficient (Wildman–Crippen LogP) is 11.4. The van der Waals surface area contributed by atoms with Gasteiger partial charge in [-0.2, -0.15) is 0 Å². The first-order valence-electron chi connectivity index (χ1n) is 18.0. The van der Waals surface area contributed by atoms with Crippen LogP contribution in [0.1, 0.15) is 11.1 Å². The fourth-order valence-electron chi connectivity index (χ4n) is 8.53. The molecule has 11 rings (SSSR count). The number of hydrogen-bond donors (Lipinski definition) is 0. The minimum absolute atomic E-state index is 0.0366. The summed E-state index contributed by atoms with van der Waals surface area (Å²) in [6, 6.07) is 55.8. The highest BCUT2D eigenvalue weighted by molar-refractivity contribution is 6.13. The van der Waals surface area contributed by atoms with Gasteiger partial charge in [0, 0.05) is 38.2 Å². The lowest BCUT2D eigenvalue weighted by Gasteiger charge is -2.11. The van der Waals surface area contributed by atoms with Gasteiger partial charge in [-0.15, -0.1) is 0 Å². The summed E-state index contributed by atoms with van der Waals surface area (Å²) >= 11 is 0. The Morgan fingerprint density at radius 2 is 0.962 bits per heavy atom. The molecule has 0 unspecified atom stereocenters. The second-order valence-corrected chi connectivity index (χ2v) is 14.1. The number of aromatic nitrogens is 4. The monoisotopic (exact) mass is 680 g/mol. The summed E-state index contributed by atoms with van der Waals surface area (Å²) < 4.78 is 6.35. The maximum absolute atomic E-state index is 14.2. The van der Waals surface area contributed by atoms with E-state index in [9.17, 15) is 4.79 Å². The van der Waals surface area contributed by atoms with Crippen molar-refractivity contribution in [3.05, 3.63) is 179 Å². The average Bonchev–Trinajstić information content (AvgIpc) is 3.87. The molecule has 0 amide bonds. The molecule has 4 aromatic heterocycles. The van der Waals surface area contributed by atoms with E-state index in [1.165, 1.54) is 21.8 Å². The molecule has 0 aliphatic heterocycles. The third kappa shape index (κ3) is 4.19.